The summed E-state index contributed by atoms with van der Waals surface area (Å²) >= 11 is 0. The van der Waals surface area contributed by atoms with Gasteiger partial charge < -0.3 is 14.7 Å². The zero-order valence-corrected chi connectivity index (χ0v) is 15.7. The highest BCUT2D eigenvalue weighted by Gasteiger charge is 2.44. The van der Waals surface area contributed by atoms with Gasteiger partial charge in [0.25, 0.3) is 0 Å². The number of aliphatic hydroxyl groups is 1. The maximum Gasteiger partial charge on any atom is 0.227 e. The van der Waals surface area contributed by atoms with E-state index in [-0.39, 0.29) is 5.92 Å². The Labute approximate surface area is 154 Å². The summed E-state index contributed by atoms with van der Waals surface area (Å²) in [6, 6.07) is 0.388. The zero-order valence-electron chi connectivity index (χ0n) is 15.7. The van der Waals surface area contributed by atoms with Gasteiger partial charge in [-0.05, 0) is 39.2 Å². The number of rotatable bonds is 4. The molecule has 0 radical (unpaired) electrons. The van der Waals surface area contributed by atoms with E-state index >= 15 is 0 Å². The van der Waals surface area contributed by atoms with Crippen molar-refractivity contribution in [2.24, 2.45) is 11.8 Å². The minimum atomic E-state index is -0.972. The topological polar surface area (TPSA) is 83.7 Å². The third kappa shape index (κ3) is 3.50. The largest absolute Gasteiger partial charge is 0.384 e. The molecule has 8 heteroatoms. The minimum absolute atomic E-state index is 0.126. The van der Waals surface area contributed by atoms with Gasteiger partial charge in [0.1, 0.15) is 11.3 Å². The molecule has 4 saturated heterocycles. The van der Waals surface area contributed by atoms with Crippen molar-refractivity contribution >= 4 is 5.91 Å². The van der Waals surface area contributed by atoms with E-state index in [9.17, 15) is 9.90 Å². The van der Waals surface area contributed by atoms with Gasteiger partial charge in [-0.1, -0.05) is 5.21 Å². The van der Waals surface area contributed by atoms with Gasteiger partial charge in [-0.2, -0.15) is 0 Å². The van der Waals surface area contributed by atoms with E-state index in [1.54, 1.807) is 13.8 Å². The molecule has 0 aliphatic carbocycles. The SMILES string of the molecule is CC(C)(O)c1cn(CC2CC3CCN2CC3C(=O)N2CCOCC2)nn1. The summed E-state index contributed by atoms with van der Waals surface area (Å²) in [7, 11) is 0. The molecule has 4 fully saturated rings. The van der Waals surface area contributed by atoms with Gasteiger partial charge in [0.05, 0.1) is 31.9 Å². The first kappa shape index (κ1) is 17.9. The Morgan fingerprint density at radius 2 is 2.12 bits per heavy atom. The number of carbonyl (C=O) groups is 1. The van der Waals surface area contributed by atoms with Crippen LogP contribution in [0, 0.1) is 11.8 Å². The highest BCUT2D eigenvalue weighted by atomic mass is 16.5. The van der Waals surface area contributed by atoms with Crippen LogP contribution in [0.25, 0.3) is 0 Å². The molecule has 1 aromatic rings. The number of amides is 1. The lowest BCUT2D eigenvalue weighted by Crippen LogP contribution is -2.59. The number of hydrogen-bond donors (Lipinski definition) is 1. The summed E-state index contributed by atoms with van der Waals surface area (Å²) in [5, 5.41) is 18.3. The summed E-state index contributed by atoms with van der Waals surface area (Å²) in [6.07, 6.45) is 3.96. The molecule has 4 atom stereocenters. The van der Waals surface area contributed by atoms with Crippen molar-refractivity contribution < 1.29 is 14.6 Å². The molecule has 4 unspecified atom stereocenters. The highest BCUT2D eigenvalue weighted by molar-refractivity contribution is 5.79. The van der Waals surface area contributed by atoms with E-state index in [0.29, 0.717) is 36.8 Å². The van der Waals surface area contributed by atoms with Crippen molar-refractivity contribution in [3.8, 4) is 0 Å². The van der Waals surface area contributed by atoms with Crippen molar-refractivity contribution in [2.75, 3.05) is 39.4 Å². The molecule has 2 bridgehead atoms. The Morgan fingerprint density at radius 1 is 1.35 bits per heavy atom. The van der Waals surface area contributed by atoms with Gasteiger partial charge in [-0.15, -0.1) is 5.10 Å². The van der Waals surface area contributed by atoms with Gasteiger partial charge in [0.2, 0.25) is 5.91 Å². The molecule has 1 N–H and O–H groups in total. The monoisotopic (exact) mass is 363 g/mol. The van der Waals surface area contributed by atoms with Crippen LogP contribution in [0.4, 0.5) is 0 Å². The molecule has 0 aromatic carbocycles. The summed E-state index contributed by atoms with van der Waals surface area (Å²) < 4.78 is 7.20. The summed E-state index contributed by atoms with van der Waals surface area (Å²) in [5.41, 5.74) is -0.381. The maximum atomic E-state index is 12.9. The summed E-state index contributed by atoms with van der Waals surface area (Å²) in [4.78, 5) is 17.3. The van der Waals surface area contributed by atoms with Crippen molar-refractivity contribution in [3.05, 3.63) is 11.9 Å². The number of nitrogens with zero attached hydrogens (tertiary/aromatic N) is 5. The quantitative estimate of drug-likeness (QED) is 0.815. The van der Waals surface area contributed by atoms with Crippen molar-refractivity contribution in [1.82, 2.24) is 24.8 Å². The smallest absolute Gasteiger partial charge is 0.227 e. The molecule has 8 nitrogen and oxygen atoms in total. The number of carbonyl (C=O) groups excluding carboxylic acids is 1. The van der Waals surface area contributed by atoms with E-state index in [1.165, 1.54) is 0 Å². The molecule has 144 valence electrons. The number of fused-ring (bicyclic) bond motifs is 3. The van der Waals surface area contributed by atoms with Gasteiger partial charge in [0.15, 0.2) is 0 Å². The summed E-state index contributed by atoms with van der Waals surface area (Å²) in [6.45, 7) is 8.86. The molecule has 0 spiro atoms. The predicted molar refractivity (Wildman–Crippen MR) is 94.2 cm³/mol. The van der Waals surface area contributed by atoms with E-state index in [1.807, 2.05) is 15.8 Å². The second kappa shape index (κ2) is 6.90. The van der Waals surface area contributed by atoms with Crippen molar-refractivity contribution in [1.29, 1.82) is 0 Å². The maximum absolute atomic E-state index is 12.9. The van der Waals surface area contributed by atoms with Crippen LogP contribution >= 0.6 is 0 Å². The summed E-state index contributed by atoms with van der Waals surface area (Å²) in [5.74, 6) is 0.893. The number of morpholine rings is 1. The molecule has 4 aliphatic heterocycles. The van der Waals surface area contributed by atoms with Crippen LogP contribution in [-0.2, 0) is 21.7 Å². The molecule has 1 amide bonds. The van der Waals surface area contributed by atoms with Gasteiger partial charge >= 0.3 is 0 Å². The number of aromatic nitrogens is 3. The molecule has 5 heterocycles. The number of hydrogen-bond acceptors (Lipinski definition) is 6. The first-order valence-corrected chi connectivity index (χ1v) is 9.65. The number of piperidine rings is 3. The van der Waals surface area contributed by atoms with E-state index in [0.717, 1.165) is 45.6 Å². The Bertz CT molecular complexity index is 649. The van der Waals surface area contributed by atoms with Crippen molar-refractivity contribution in [3.63, 3.8) is 0 Å². The molecule has 0 saturated carbocycles. The highest BCUT2D eigenvalue weighted by Crippen LogP contribution is 2.37. The van der Waals surface area contributed by atoms with Gasteiger partial charge in [-0.25, -0.2) is 0 Å². The van der Waals surface area contributed by atoms with Gasteiger partial charge in [0, 0.05) is 25.7 Å². The lowest BCUT2D eigenvalue weighted by Gasteiger charge is -2.50. The first-order chi connectivity index (χ1) is 12.4. The van der Waals surface area contributed by atoms with Crippen LogP contribution in [0.15, 0.2) is 6.20 Å². The average Bonchev–Trinajstić information content (AvgIpc) is 3.11. The molecule has 26 heavy (non-hydrogen) atoms. The Balaban J connectivity index is 1.39. The molecule has 1 aromatic heterocycles. The fraction of sp³-hybridized carbons (Fsp3) is 0.833. The van der Waals surface area contributed by atoms with Crippen LogP contribution in [0.3, 0.4) is 0 Å². The Morgan fingerprint density at radius 3 is 2.73 bits per heavy atom. The zero-order chi connectivity index (χ0) is 18.3. The van der Waals surface area contributed by atoms with E-state index in [2.05, 4.69) is 15.2 Å². The van der Waals surface area contributed by atoms with Crippen LogP contribution in [-0.4, -0.2) is 81.2 Å². The fourth-order valence-corrected chi connectivity index (χ4v) is 4.51. The van der Waals surface area contributed by atoms with E-state index < -0.39 is 5.60 Å². The first-order valence-electron chi connectivity index (χ1n) is 9.65. The predicted octanol–water partition coefficient (Wildman–Crippen LogP) is 0.0747. The average molecular weight is 363 g/mol. The molecule has 5 rings (SSSR count). The lowest BCUT2D eigenvalue weighted by atomic mass is 9.75. The lowest BCUT2D eigenvalue weighted by molar-refractivity contribution is -0.148. The second-order valence-corrected chi connectivity index (χ2v) is 8.36. The van der Waals surface area contributed by atoms with E-state index in [4.69, 9.17) is 4.74 Å². The van der Waals surface area contributed by atoms with Crippen molar-refractivity contribution in [2.45, 2.75) is 44.9 Å². The standard InChI is InChI=1S/C18H29N5O3/c1-18(2,25)16-12-23(20-19-16)10-14-9-13-3-4-22(14)11-15(13)17(24)21-5-7-26-8-6-21/h12-15,25H,3-11H2,1-2H3. The number of ether oxygens (including phenoxy) is 1. The molecular formula is C18H29N5O3. The van der Waals surface area contributed by atoms with Gasteiger partial charge in [-0.3, -0.25) is 14.4 Å². The van der Waals surface area contributed by atoms with Crippen LogP contribution in [0.2, 0.25) is 0 Å². The van der Waals surface area contributed by atoms with Crippen LogP contribution in [0.1, 0.15) is 32.4 Å². The minimum Gasteiger partial charge on any atom is -0.384 e. The third-order valence-electron chi connectivity index (χ3n) is 6.08. The fourth-order valence-electron chi connectivity index (χ4n) is 4.51. The second-order valence-electron chi connectivity index (χ2n) is 8.36. The Hall–Kier alpha value is -1.51. The normalized spacial score (nSPS) is 32.0. The third-order valence-corrected chi connectivity index (χ3v) is 6.08. The Kier molecular flexibility index (Phi) is 4.75. The van der Waals surface area contributed by atoms with Crippen LogP contribution < -0.4 is 0 Å². The molecular weight excluding hydrogens is 334 g/mol. The van der Waals surface area contributed by atoms with Crippen LogP contribution in [0.5, 0.6) is 0 Å². The molecule has 4 aliphatic rings.